The summed E-state index contributed by atoms with van der Waals surface area (Å²) in [6.45, 7) is 0. The summed E-state index contributed by atoms with van der Waals surface area (Å²) in [5.74, 6) is -0.671. The second-order valence-electron chi connectivity index (χ2n) is 4.45. The van der Waals surface area contributed by atoms with Crippen molar-refractivity contribution in [3.8, 4) is 0 Å². The van der Waals surface area contributed by atoms with Crippen LogP contribution in [0.1, 0.15) is 24.0 Å². The van der Waals surface area contributed by atoms with Gasteiger partial charge in [0.15, 0.2) is 0 Å². The predicted octanol–water partition coefficient (Wildman–Crippen LogP) is 1.65. The third-order valence-corrected chi connectivity index (χ3v) is 3.31. The fourth-order valence-corrected chi connectivity index (χ4v) is 2.24. The van der Waals surface area contributed by atoms with Crippen molar-refractivity contribution < 1.29 is 14.0 Å². The molecule has 1 heterocycles. The molecular formula is C12H9FN2O2. The number of anilines is 1. The number of nitrogens with one attached hydrogen (secondary N) is 1. The second kappa shape index (κ2) is 3.25. The van der Waals surface area contributed by atoms with Gasteiger partial charge in [0.05, 0.1) is 17.6 Å². The lowest BCUT2D eigenvalue weighted by molar-refractivity contribution is -0.115. The standard InChI is InChI=1S/C12H9FN2O2/c13-9-5-8(12(1-2-12)14-6-16)3-7-4-10(17)15-11(7)9/h3,5H,1-2,4H2,(H,15,17). The Morgan fingerprint density at radius 1 is 1.41 bits per heavy atom. The smallest absolute Gasteiger partial charge is 0.235 e. The van der Waals surface area contributed by atoms with Gasteiger partial charge < -0.3 is 5.32 Å². The molecule has 0 atom stereocenters. The Labute approximate surface area is 96.5 Å². The molecule has 0 bridgehead atoms. The number of carbonyl (C=O) groups excluding carboxylic acids is 2. The first-order valence-electron chi connectivity index (χ1n) is 5.36. The first-order chi connectivity index (χ1) is 8.14. The van der Waals surface area contributed by atoms with Crippen LogP contribution < -0.4 is 5.32 Å². The summed E-state index contributed by atoms with van der Waals surface area (Å²) in [6, 6.07) is 3.10. The second-order valence-corrected chi connectivity index (χ2v) is 4.45. The lowest BCUT2D eigenvalue weighted by Gasteiger charge is -2.10. The molecule has 1 N–H and O–H groups in total. The molecular weight excluding hydrogens is 223 g/mol. The average molecular weight is 232 g/mol. The van der Waals surface area contributed by atoms with Crippen molar-refractivity contribution in [3.63, 3.8) is 0 Å². The Hall–Kier alpha value is -2.00. The maximum absolute atomic E-state index is 13.8. The summed E-state index contributed by atoms with van der Waals surface area (Å²) >= 11 is 0. The van der Waals surface area contributed by atoms with Crippen molar-refractivity contribution in [3.05, 3.63) is 29.1 Å². The Balaban J connectivity index is 2.10. The largest absolute Gasteiger partial charge is 0.323 e. The SMILES string of the molecule is O=C=NC1(c2cc(F)c3c(c2)CC(=O)N3)CC1. The molecule has 86 valence electrons. The van der Waals surface area contributed by atoms with E-state index in [1.165, 1.54) is 12.1 Å². The number of isocyanates is 1. The zero-order valence-corrected chi connectivity index (χ0v) is 8.92. The van der Waals surface area contributed by atoms with Crippen LogP contribution in [0, 0.1) is 5.82 Å². The molecule has 3 rings (SSSR count). The van der Waals surface area contributed by atoms with E-state index in [0.29, 0.717) is 11.1 Å². The Morgan fingerprint density at radius 3 is 2.82 bits per heavy atom. The van der Waals surface area contributed by atoms with E-state index in [4.69, 9.17) is 0 Å². The van der Waals surface area contributed by atoms with Gasteiger partial charge in [-0.1, -0.05) is 6.07 Å². The van der Waals surface area contributed by atoms with Crippen LogP contribution in [0.2, 0.25) is 0 Å². The van der Waals surface area contributed by atoms with Gasteiger partial charge in [0.25, 0.3) is 0 Å². The molecule has 0 spiro atoms. The molecule has 1 aliphatic carbocycles. The summed E-state index contributed by atoms with van der Waals surface area (Å²) < 4.78 is 13.8. The molecule has 1 aliphatic heterocycles. The van der Waals surface area contributed by atoms with E-state index in [1.807, 2.05) is 0 Å². The lowest BCUT2D eigenvalue weighted by atomic mass is 10.0. The number of carbonyl (C=O) groups is 1. The molecule has 5 heteroatoms. The van der Waals surface area contributed by atoms with Gasteiger partial charge in [0.2, 0.25) is 12.0 Å². The third kappa shape index (κ3) is 1.47. The monoisotopic (exact) mass is 232 g/mol. The molecule has 2 aliphatic rings. The fourth-order valence-electron chi connectivity index (χ4n) is 2.24. The van der Waals surface area contributed by atoms with E-state index in [2.05, 4.69) is 10.3 Å². The van der Waals surface area contributed by atoms with E-state index in [1.54, 1.807) is 6.07 Å². The molecule has 1 amide bonds. The van der Waals surface area contributed by atoms with Crippen molar-refractivity contribution in [2.45, 2.75) is 24.8 Å². The number of halogens is 1. The number of hydrogen-bond donors (Lipinski definition) is 1. The van der Waals surface area contributed by atoms with E-state index in [9.17, 15) is 14.0 Å². The van der Waals surface area contributed by atoms with Crippen LogP contribution in [0.4, 0.5) is 10.1 Å². The van der Waals surface area contributed by atoms with Gasteiger partial charge in [-0.05, 0) is 30.0 Å². The molecule has 1 saturated carbocycles. The van der Waals surface area contributed by atoms with Gasteiger partial charge in [-0.15, -0.1) is 0 Å². The number of fused-ring (bicyclic) bond motifs is 1. The quantitative estimate of drug-likeness (QED) is 0.622. The van der Waals surface area contributed by atoms with Crippen LogP contribution in [0.15, 0.2) is 17.1 Å². The summed E-state index contributed by atoms with van der Waals surface area (Å²) in [4.78, 5) is 25.3. The number of benzene rings is 1. The molecule has 0 unspecified atom stereocenters. The van der Waals surface area contributed by atoms with Crippen molar-refractivity contribution in [1.29, 1.82) is 0 Å². The van der Waals surface area contributed by atoms with Crippen molar-refractivity contribution in [2.24, 2.45) is 4.99 Å². The summed E-state index contributed by atoms with van der Waals surface area (Å²) in [5.41, 5.74) is 0.957. The van der Waals surface area contributed by atoms with Crippen LogP contribution in [0.3, 0.4) is 0 Å². The zero-order valence-electron chi connectivity index (χ0n) is 8.92. The van der Waals surface area contributed by atoms with Crippen molar-refractivity contribution >= 4 is 17.7 Å². The highest BCUT2D eigenvalue weighted by Gasteiger charge is 2.45. The maximum atomic E-state index is 13.8. The Morgan fingerprint density at radius 2 is 2.18 bits per heavy atom. The molecule has 1 aromatic carbocycles. The van der Waals surface area contributed by atoms with Crippen LogP contribution in [-0.4, -0.2) is 12.0 Å². The fraction of sp³-hybridized carbons (Fsp3) is 0.333. The number of aliphatic imine (C=N–C) groups is 1. The summed E-state index contributed by atoms with van der Waals surface area (Å²) in [7, 11) is 0. The Bertz CT molecular complexity index is 572. The topological polar surface area (TPSA) is 58.5 Å². The highest BCUT2D eigenvalue weighted by Crippen LogP contribution is 2.50. The van der Waals surface area contributed by atoms with E-state index >= 15 is 0 Å². The first kappa shape index (κ1) is 10.2. The van der Waals surface area contributed by atoms with Gasteiger partial charge in [0, 0.05) is 0 Å². The van der Waals surface area contributed by atoms with Crippen LogP contribution in [0.25, 0.3) is 0 Å². The molecule has 0 radical (unpaired) electrons. The van der Waals surface area contributed by atoms with Gasteiger partial charge >= 0.3 is 0 Å². The number of rotatable bonds is 2. The molecule has 0 aromatic heterocycles. The molecule has 17 heavy (non-hydrogen) atoms. The van der Waals surface area contributed by atoms with Crippen LogP contribution >= 0.6 is 0 Å². The average Bonchev–Trinajstić information content (AvgIpc) is 2.95. The number of nitrogens with zero attached hydrogens (tertiary/aromatic N) is 1. The predicted molar refractivity (Wildman–Crippen MR) is 57.8 cm³/mol. The summed E-state index contributed by atoms with van der Waals surface area (Å²) in [6.07, 6.45) is 3.16. The van der Waals surface area contributed by atoms with Gasteiger partial charge in [-0.2, -0.15) is 4.99 Å². The molecule has 1 aromatic rings. The van der Waals surface area contributed by atoms with Gasteiger partial charge in [-0.3, -0.25) is 4.79 Å². The molecule has 4 nitrogen and oxygen atoms in total. The number of amides is 1. The van der Waals surface area contributed by atoms with E-state index in [0.717, 1.165) is 12.8 Å². The number of hydrogen-bond acceptors (Lipinski definition) is 3. The lowest BCUT2D eigenvalue weighted by Crippen LogP contribution is -2.05. The third-order valence-electron chi connectivity index (χ3n) is 3.31. The van der Waals surface area contributed by atoms with Crippen molar-refractivity contribution in [1.82, 2.24) is 0 Å². The first-order valence-corrected chi connectivity index (χ1v) is 5.36. The van der Waals surface area contributed by atoms with Crippen LogP contribution in [0.5, 0.6) is 0 Å². The highest BCUT2D eigenvalue weighted by atomic mass is 19.1. The van der Waals surface area contributed by atoms with Gasteiger partial charge in [0.1, 0.15) is 5.82 Å². The highest BCUT2D eigenvalue weighted by molar-refractivity contribution is 5.99. The normalized spacial score (nSPS) is 19.2. The van der Waals surface area contributed by atoms with Gasteiger partial charge in [-0.25, -0.2) is 9.18 Å². The van der Waals surface area contributed by atoms with E-state index < -0.39 is 11.4 Å². The Kier molecular flexibility index (Phi) is 1.94. The van der Waals surface area contributed by atoms with E-state index in [-0.39, 0.29) is 18.0 Å². The maximum Gasteiger partial charge on any atom is 0.235 e. The van der Waals surface area contributed by atoms with Crippen molar-refractivity contribution in [2.75, 3.05) is 5.32 Å². The zero-order chi connectivity index (χ0) is 12.0. The minimum absolute atomic E-state index is 0.182. The minimum atomic E-state index is -0.594. The van der Waals surface area contributed by atoms with Crippen LogP contribution in [-0.2, 0) is 21.5 Å². The molecule has 1 fully saturated rings. The summed E-state index contributed by atoms with van der Waals surface area (Å²) in [5, 5.41) is 2.47. The minimum Gasteiger partial charge on any atom is -0.323 e. The molecule has 0 saturated heterocycles.